The molecule has 3 heterocycles. The van der Waals surface area contributed by atoms with Crippen LogP contribution in [0.3, 0.4) is 0 Å². The number of hydrogen-bond acceptors (Lipinski definition) is 7. The summed E-state index contributed by atoms with van der Waals surface area (Å²) in [6.07, 6.45) is 2.99. The van der Waals surface area contributed by atoms with Crippen LogP contribution in [0.4, 0.5) is 26.1 Å². The van der Waals surface area contributed by atoms with Crippen molar-refractivity contribution in [2.24, 2.45) is 0 Å². The monoisotopic (exact) mass is 444 g/mol. The Morgan fingerprint density at radius 3 is 2.52 bits per heavy atom. The van der Waals surface area contributed by atoms with Gasteiger partial charge in [-0.15, -0.1) is 0 Å². The van der Waals surface area contributed by atoms with Crippen LogP contribution in [0.2, 0.25) is 0 Å². The van der Waals surface area contributed by atoms with Gasteiger partial charge in [0, 0.05) is 24.0 Å². The molecule has 0 saturated heterocycles. The minimum atomic E-state index is -3.15. The molecule has 3 aromatic rings. The first-order valence-corrected chi connectivity index (χ1v) is 10.5. The molecule has 0 amide bonds. The molecular weight excluding hydrogens is 421 g/mol. The molecule has 1 aliphatic carbocycles. The SMILES string of the molecule is CC(C)Nc1cc(Nc2ccnc(C3(O)CC3)c2)nc(-c2cccc(C(F)(F)P)n2)n1. The van der Waals surface area contributed by atoms with E-state index >= 15 is 0 Å². The van der Waals surface area contributed by atoms with Gasteiger partial charge in [-0.05, 0) is 51.0 Å². The van der Waals surface area contributed by atoms with Gasteiger partial charge in [-0.25, -0.2) is 15.0 Å². The summed E-state index contributed by atoms with van der Waals surface area (Å²) in [4.78, 5) is 17.2. The maximum atomic E-state index is 13.7. The lowest BCUT2D eigenvalue weighted by Crippen LogP contribution is -2.13. The summed E-state index contributed by atoms with van der Waals surface area (Å²) in [6.45, 7) is 3.93. The fourth-order valence-corrected chi connectivity index (χ4v) is 3.19. The first kappa shape index (κ1) is 21.5. The maximum absolute atomic E-state index is 13.7. The smallest absolute Gasteiger partial charge is 0.300 e. The van der Waals surface area contributed by atoms with E-state index in [1.54, 1.807) is 30.5 Å². The molecule has 0 radical (unpaired) electrons. The molecule has 162 valence electrons. The van der Waals surface area contributed by atoms with Gasteiger partial charge in [0.15, 0.2) is 5.82 Å². The van der Waals surface area contributed by atoms with Crippen molar-refractivity contribution in [3.05, 3.63) is 54.0 Å². The lowest BCUT2D eigenvalue weighted by Gasteiger charge is -2.15. The molecule has 1 fully saturated rings. The van der Waals surface area contributed by atoms with Crippen LogP contribution in [-0.4, -0.2) is 31.1 Å². The Hall–Kier alpha value is -2.77. The van der Waals surface area contributed by atoms with Crippen LogP contribution in [0, 0.1) is 0 Å². The van der Waals surface area contributed by atoms with Gasteiger partial charge >= 0.3 is 0 Å². The zero-order valence-corrected chi connectivity index (χ0v) is 18.3. The fourth-order valence-electron chi connectivity index (χ4n) is 3.03. The number of alkyl halides is 2. The van der Waals surface area contributed by atoms with Crippen molar-refractivity contribution >= 4 is 26.6 Å². The van der Waals surface area contributed by atoms with E-state index in [0.29, 0.717) is 35.9 Å². The number of hydrogen-bond donors (Lipinski definition) is 3. The van der Waals surface area contributed by atoms with E-state index in [1.165, 1.54) is 21.4 Å². The first-order chi connectivity index (χ1) is 14.6. The topological polar surface area (TPSA) is 95.9 Å². The van der Waals surface area contributed by atoms with Gasteiger partial charge in [-0.3, -0.25) is 4.98 Å². The van der Waals surface area contributed by atoms with Crippen LogP contribution < -0.4 is 10.6 Å². The summed E-state index contributed by atoms with van der Waals surface area (Å²) < 4.78 is 27.4. The predicted octanol–water partition coefficient (Wildman–Crippen LogP) is 4.40. The lowest BCUT2D eigenvalue weighted by molar-refractivity contribution is 0.0988. The van der Waals surface area contributed by atoms with E-state index in [-0.39, 0.29) is 23.3 Å². The molecule has 4 rings (SSSR count). The van der Waals surface area contributed by atoms with E-state index < -0.39 is 11.3 Å². The first-order valence-electron chi connectivity index (χ1n) is 9.88. The highest BCUT2D eigenvalue weighted by molar-refractivity contribution is 7.17. The van der Waals surface area contributed by atoms with Crippen molar-refractivity contribution in [2.75, 3.05) is 10.6 Å². The second kappa shape index (κ2) is 8.05. The largest absolute Gasteiger partial charge is 0.384 e. The van der Waals surface area contributed by atoms with Gasteiger partial charge in [0.25, 0.3) is 5.66 Å². The van der Waals surface area contributed by atoms with Crippen molar-refractivity contribution in [3.63, 3.8) is 0 Å². The molecule has 10 heteroatoms. The summed E-state index contributed by atoms with van der Waals surface area (Å²) in [5.74, 6) is 1.19. The molecule has 0 aromatic carbocycles. The minimum absolute atomic E-state index is 0.0999. The standard InChI is InChI=1S/C21H23F2N6OP/c1-12(2)25-17-11-18(26-13-6-9-24-16(10-13)20(30)7-8-20)29-19(28-17)14-4-3-5-15(27-14)21(22,23)31/h3-6,9-12,30H,7-8,31H2,1-2H3,(H2,24,25,26,28,29). The van der Waals surface area contributed by atoms with Crippen molar-refractivity contribution in [3.8, 4) is 11.5 Å². The van der Waals surface area contributed by atoms with E-state index in [0.717, 1.165) is 0 Å². The highest BCUT2D eigenvalue weighted by Gasteiger charge is 2.43. The van der Waals surface area contributed by atoms with Crippen molar-refractivity contribution in [1.82, 2.24) is 19.9 Å². The van der Waals surface area contributed by atoms with E-state index in [4.69, 9.17) is 0 Å². The third-order valence-corrected chi connectivity index (χ3v) is 5.01. The average molecular weight is 444 g/mol. The molecule has 3 N–H and O–H groups in total. The second-order valence-electron chi connectivity index (χ2n) is 7.88. The highest BCUT2D eigenvalue weighted by atomic mass is 31.0. The van der Waals surface area contributed by atoms with Gasteiger partial charge in [-0.1, -0.05) is 15.3 Å². The lowest BCUT2D eigenvalue weighted by atomic mass is 10.2. The molecule has 0 bridgehead atoms. The average Bonchev–Trinajstić information content (AvgIpc) is 3.46. The third kappa shape index (κ3) is 5.11. The normalized spacial score (nSPS) is 15.1. The highest BCUT2D eigenvalue weighted by Crippen LogP contribution is 2.44. The van der Waals surface area contributed by atoms with Crippen LogP contribution in [-0.2, 0) is 11.3 Å². The maximum Gasteiger partial charge on any atom is 0.300 e. The zero-order valence-electron chi connectivity index (χ0n) is 17.1. The molecular formula is C21H23F2N6OP. The molecule has 1 atom stereocenters. The van der Waals surface area contributed by atoms with Crippen molar-refractivity contribution in [2.45, 2.75) is 44.0 Å². The summed E-state index contributed by atoms with van der Waals surface area (Å²) in [5, 5.41) is 16.7. The Kier molecular flexibility index (Phi) is 5.58. The van der Waals surface area contributed by atoms with E-state index in [1.807, 2.05) is 13.8 Å². The molecule has 1 unspecified atom stereocenters. The Morgan fingerprint density at radius 1 is 1.10 bits per heavy atom. The van der Waals surface area contributed by atoms with Crippen molar-refractivity contribution < 1.29 is 13.9 Å². The van der Waals surface area contributed by atoms with Gasteiger partial charge < -0.3 is 15.7 Å². The molecule has 0 aliphatic heterocycles. The second-order valence-corrected chi connectivity index (χ2v) is 8.60. The summed E-state index contributed by atoms with van der Waals surface area (Å²) in [6, 6.07) is 9.71. The number of rotatable bonds is 7. The van der Waals surface area contributed by atoms with Gasteiger partial charge in [0.05, 0.1) is 5.69 Å². The van der Waals surface area contributed by atoms with Crippen LogP contribution in [0.25, 0.3) is 11.5 Å². The fraction of sp³-hybridized carbons (Fsp3) is 0.333. The van der Waals surface area contributed by atoms with Crippen LogP contribution >= 0.6 is 9.24 Å². The Bertz CT molecular complexity index is 1100. The number of nitrogens with one attached hydrogen (secondary N) is 2. The molecule has 31 heavy (non-hydrogen) atoms. The minimum Gasteiger partial charge on any atom is -0.384 e. The van der Waals surface area contributed by atoms with E-state index in [9.17, 15) is 13.9 Å². The molecule has 3 aromatic heterocycles. The number of halogens is 2. The van der Waals surface area contributed by atoms with Gasteiger partial charge in [0.2, 0.25) is 0 Å². The summed E-state index contributed by atoms with van der Waals surface area (Å²) in [7, 11) is 1.49. The van der Waals surface area contributed by atoms with Crippen LogP contribution in [0.1, 0.15) is 38.1 Å². The zero-order chi connectivity index (χ0) is 22.2. The molecule has 7 nitrogen and oxygen atoms in total. The van der Waals surface area contributed by atoms with Crippen LogP contribution in [0.5, 0.6) is 0 Å². The predicted molar refractivity (Wildman–Crippen MR) is 118 cm³/mol. The Morgan fingerprint density at radius 2 is 1.84 bits per heavy atom. The number of aromatic nitrogens is 4. The Labute approximate surface area is 181 Å². The quantitative estimate of drug-likeness (QED) is 0.465. The van der Waals surface area contributed by atoms with E-state index in [2.05, 4.69) is 30.6 Å². The van der Waals surface area contributed by atoms with Gasteiger partial charge in [0.1, 0.15) is 28.6 Å². The third-order valence-electron chi connectivity index (χ3n) is 4.72. The number of aliphatic hydroxyl groups is 1. The van der Waals surface area contributed by atoms with Crippen LogP contribution in [0.15, 0.2) is 42.6 Å². The molecule has 1 saturated carbocycles. The summed E-state index contributed by atoms with van der Waals surface area (Å²) >= 11 is 0. The van der Waals surface area contributed by atoms with Gasteiger partial charge in [-0.2, -0.15) is 8.78 Å². The van der Waals surface area contributed by atoms with Crippen molar-refractivity contribution in [1.29, 1.82) is 0 Å². The number of anilines is 3. The molecule has 0 spiro atoms. The molecule has 1 aliphatic rings. The number of pyridine rings is 2. The summed E-state index contributed by atoms with van der Waals surface area (Å²) in [5.41, 5.74) is -2.86. The number of nitrogens with zero attached hydrogens (tertiary/aromatic N) is 4. The Balaban J connectivity index is 1.70.